The molecular formula is C27H32N2O5. The van der Waals surface area contributed by atoms with Gasteiger partial charge >= 0.3 is 12.1 Å². The van der Waals surface area contributed by atoms with Crippen molar-refractivity contribution in [1.82, 2.24) is 10.2 Å². The third-order valence-corrected chi connectivity index (χ3v) is 7.65. The van der Waals surface area contributed by atoms with Gasteiger partial charge in [0.15, 0.2) is 0 Å². The first-order valence-electron chi connectivity index (χ1n) is 12.0. The first-order chi connectivity index (χ1) is 16.3. The summed E-state index contributed by atoms with van der Waals surface area (Å²) in [7, 11) is 0. The van der Waals surface area contributed by atoms with Crippen LogP contribution in [0.25, 0.3) is 11.1 Å². The summed E-state index contributed by atoms with van der Waals surface area (Å²) in [5.74, 6) is -1.48. The molecule has 7 nitrogen and oxygen atoms in total. The maximum atomic E-state index is 13.6. The van der Waals surface area contributed by atoms with Gasteiger partial charge in [-0.25, -0.2) is 9.59 Å². The average molecular weight is 465 g/mol. The zero-order valence-electron chi connectivity index (χ0n) is 20.0. The number of carbonyl (C=O) groups excluding carboxylic acids is 2. The summed E-state index contributed by atoms with van der Waals surface area (Å²) in [6.45, 7) is 5.71. The van der Waals surface area contributed by atoms with E-state index in [2.05, 4.69) is 17.4 Å². The summed E-state index contributed by atoms with van der Waals surface area (Å²) in [5, 5.41) is 12.6. The smallest absolute Gasteiger partial charge is 0.408 e. The predicted octanol–water partition coefficient (Wildman–Crippen LogP) is 4.55. The van der Waals surface area contributed by atoms with Crippen LogP contribution >= 0.6 is 0 Å². The van der Waals surface area contributed by atoms with Crippen LogP contribution in [0, 0.1) is 0 Å². The SMILES string of the molecule is CCC(CC)(NC(=O)OCC1c2ccccc2-c2ccccc21)C(=O)N1CCC[C@]1(C)C(=O)O. The molecule has 1 aliphatic heterocycles. The van der Waals surface area contributed by atoms with Crippen molar-refractivity contribution in [3.05, 3.63) is 59.7 Å². The zero-order valence-corrected chi connectivity index (χ0v) is 20.0. The van der Waals surface area contributed by atoms with Crippen LogP contribution in [0.15, 0.2) is 48.5 Å². The Bertz CT molecular complexity index is 1060. The highest BCUT2D eigenvalue weighted by Gasteiger charge is 2.51. The van der Waals surface area contributed by atoms with Crippen molar-refractivity contribution in [2.45, 2.75) is 63.5 Å². The topological polar surface area (TPSA) is 95.9 Å². The first kappa shape index (κ1) is 23.8. The van der Waals surface area contributed by atoms with Crippen molar-refractivity contribution in [1.29, 1.82) is 0 Å². The molecule has 2 aliphatic rings. The Kier molecular flexibility index (Phi) is 6.39. The van der Waals surface area contributed by atoms with E-state index in [0.717, 1.165) is 22.3 Å². The van der Waals surface area contributed by atoms with Gasteiger partial charge in [0, 0.05) is 12.5 Å². The third-order valence-electron chi connectivity index (χ3n) is 7.65. The molecule has 0 radical (unpaired) electrons. The van der Waals surface area contributed by atoms with Crippen molar-refractivity contribution in [2.75, 3.05) is 13.2 Å². The number of amides is 2. The molecule has 7 heteroatoms. The number of rotatable bonds is 7. The molecule has 180 valence electrons. The van der Waals surface area contributed by atoms with Crippen LogP contribution in [0.1, 0.15) is 63.5 Å². The maximum absolute atomic E-state index is 13.6. The number of aliphatic carboxylic acids is 1. The van der Waals surface area contributed by atoms with Crippen LogP contribution in [0.5, 0.6) is 0 Å². The van der Waals surface area contributed by atoms with Crippen molar-refractivity contribution in [2.24, 2.45) is 0 Å². The van der Waals surface area contributed by atoms with E-state index in [1.807, 2.05) is 50.2 Å². The van der Waals surface area contributed by atoms with Gasteiger partial charge in [-0.3, -0.25) is 4.79 Å². The van der Waals surface area contributed by atoms with Gasteiger partial charge in [-0.1, -0.05) is 62.4 Å². The molecule has 2 N–H and O–H groups in total. The number of benzene rings is 2. The Morgan fingerprint density at radius 3 is 2.15 bits per heavy atom. The highest BCUT2D eigenvalue weighted by molar-refractivity contribution is 5.94. The van der Waals surface area contributed by atoms with Crippen LogP contribution in [-0.2, 0) is 14.3 Å². The van der Waals surface area contributed by atoms with Crippen LogP contribution in [-0.4, -0.2) is 52.2 Å². The van der Waals surface area contributed by atoms with Crippen LogP contribution in [0.4, 0.5) is 4.79 Å². The van der Waals surface area contributed by atoms with E-state index in [9.17, 15) is 19.5 Å². The van der Waals surface area contributed by atoms with Gasteiger partial charge in [-0.15, -0.1) is 0 Å². The van der Waals surface area contributed by atoms with Gasteiger partial charge in [-0.05, 0) is 54.9 Å². The molecule has 0 saturated carbocycles. The summed E-state index contributed by atoms with van der Waals surface area (Å²) in [6.07, 6.45) is 0.998. The van der Waals surface area contributed by atoms with Gasteiger partial charge in [0.05, 0.1) is 0 Å². The minimum absolute atomic E-state index is 0.0830. The van der Waals surface area contributed by atoms with E-state index in [-0.39, 0.29) is 18.4 Å². The number of carboxylic acid groups (broad SMARTS) is 1. The third kappa shape index (κ3) is 3.83. The Morgan fingerprint density at radius 1 is 1.06 bits per heavy atom. The summed E-state index contributed by atoms with van der Waals surface area (Å²) >= 11 is 0. The number of hydrogen-bond donors (Lipinski definition) is 2. The van der Waals surface area contributed by atoms with Gasteiger partial charge in [0.1, 0.15) is 17.7 Å². The molecule has 0 spiro atoms. The molecule has 1 heterocycles. The summed E-state index contributed by atoms with van der Waals surface area (Å²) < 4.78 is 5.67. The van der Waals surface area contributed by atoms with Crippen molar-refractivity contribution < 1.29 is 24.2 Å². The fourth-order valence-corrected chi connectivity index (χ4v) is 5.38. The van der Waals surface area contributed by atoms with E-state index in [4.69, 9.17) is 4.74 Å². The standard InChI is InChI=1S/C27H32N2O5/c1-4-27(5-2,23(30)29-16-10-15-26(29,3)24(31)32)28-25(33)34-17-22-20-13-8-6-11-18(20)19-12-7-9-14-21(19)22/h6-9,11-14,22H,4-5,10,15-17H2,1-3H3,(H,28,33)(H,31,32)/t26-/m1/s1. The molecule has 1 atom stereocenters. The Morgan fingerprint density at radius 2 is 1.62 bits per heavy atom. The number of nitrogens with one attached hydrogen (secondary N) is 1. The second-order valence-corrected chi connectivity index (χ2v) is 9.38. The molecule has 0 aromatic heterocycles. The Balaban J connectivity index is 1.50. The van der Waals surface area contributed by atoms with Crippen LogP contribution < -0.4 is 5.32 Å². The van der Waals surface area contributed by atoms with Crippen LogP contribution in [0.2, 0.25) is 0 Å². The molecule has 2 amide bonds. The van der Waals surface area contributed by atoms with Gasteiger partial charge in [0.25, 0.3) is 0 Å². The van der Waals surface area contributed by atoms with Crippen molar-refractivity contribution in [3.63, 3.8) is 0 Å². The monoisotopic (exact) mass is 464 g/mol. The second-order valence-electron chi connectivity index (χ2n) is 9.38. The number of ether oxygens (including phenoxy) is 1. The average Bonchev–Trinajstić information content (AvgIpc) is 3.40. The molecule has 0 bridgehead atoms. The summed E-state index contributed by atoms with van der Waals surface area (Å²) in [5.41, 5.74) is 2.01. The van der Waals surface area contributed by atoms with Crippen molar-refractivity contribution >= 4 is 18.0 Å². The van der Waals surface area contributed by atoms with Crippen LogP contribution in [0.3, 0.4) is 0 Å². The van der Waals surface area contributed by atoms with Gasteiger partial charge in [0.2, 0.25) is 5.91 Å². The Labute approximate surface area is 200 Å². The lowest BCUT2D eigenvalue weighted by atomic mass is 9.88. The molecular weight excluding hydrogens is 432 g/mol. The molecule has 1 fully saturated rings. The highest BCUT2D eigenvalue weighted by atomic mass is 16.5. The van der Waals surface area contributed by atoms with E-state index in [0.29, 0.717) is 32.2 Å². The van der Waals surface area contributed by atoms with E-state index in [1.54, 1.807) is 6.92 Å². The number of fused-ring (bicyclic) bond motifs is 3. The minimum atomic E-state index is -1.27. The molecule has 1 saturated heterocycles. The fraction of sp³-hybridized carbons (Fsp3) is 0.444. The molecule has 34 heavy (non-hydrogen) atoms. The lowest BCUT2D eigenvalue weighted by molar-refractivity contribution is -0.158. The number of hydrogen-bond acceptors (Lipinski definition) is 4. The molecule has 2 aromatic rings. The minimum Gasteiger partial charge on any atom is -0.480 e. The molecule has 1 aliphatic carbocycles. The van der Waals surface area contributed by atoms with E-state index in [1.165, 1.54) is 4.90 Å². The Hall–Kier alpha value is -3.35. The zero-order chi connectivity index (χ0) is 24.5. The maximum Gasteiger partial charge on any atom is 0.408 e. The normalized spacial score (nSPS) is 19.4. The molecule has 0 unspecified atom stereocenters. The molecule has 2 aromatic carbocycles. The molecule has 4 rings (SSSR count). The van der Waals surface area contributed by atoms with Crippen molar-refractivity contribution in [3.8, 4) is 11.1 Å². The largest absolute Gasteiger partial charge is 0.480 e. The summed E-state index contributed by atoms with van der Waals surface area (Å²) in [4.78, 5) is 39.8. The highest BCUT2D eigenvalue weighted by Crippen LogP contribution is 2.44. The second kappa shape index (κ2) is 9.12. The number of likely N-dealkylation sites (tertiary alicyclic amines) is 1. The lowest BCUT2D eigenvalue weighted by Gasteiger charge is -2.40. The van der Waals surface area contributed by atoms with Gasteiger partial charge < -0.3 is 20.1 Å². The van der Waals surface area contributed by atoms with E-state index >= 15 is 0 Å². The van der Waals surface area contributed by atoms with Gasteiger partial charge in [-0.2, -0.15) is 0 Å². The number of carbonyl (C=O) groups is 3. The number of nitrogens with zero attached hydrogens (tertiary/aromatic N) is 1. The summed E-state index contributed by atoms with van der Waals surface area (Å²) in [6, 6.07) is 16.2. The first-order valence-corrected chi connectivity index (χ1v) is 12.0. The fourth-order valence-electron chi connectivity index (χ4n) is 5.38. The number of carboxylic acids is 1. The lowest BCUT2D eigenvalue weighted by Crippen LogP contribution is -2.63. The quantitative estimate of drug-likeness (QED) is 0.627. The predicted molar refractivity (Wildman–Crippen MR) is 129 cm³/mol. The number of alkyl carbamates (subject to hydrolysis) is 1. The van der Waals surface area contributed by atoms with E-state index < -0.39 is 23.1 Å².